The third-order valence-corrected chi connectivity index (χ3v) is 4.40. The minimum absolute atomic E-state index is 0.190. The van der Waals surface area contributed by atoms with Crippen LogP contribution < -0.4 is 5.32 Å². The van der Waals surface area contributed by atoms with E-state index in [0.717, 1.165) is 18.9 Å². The molecule has 8 heteroatoms. The molecule has 1 aromatic carbocycles. The normalized spacial score (nSPS) is 11.4. The lowest BCUT2D eigenvalue weighted by Crippen LogP contribution is -2.32. The third-order valence-electron chi connectivity index (χ3n) is 2.78. The summed E-state index contributed by atoms with van der Waals surface area (Å²) in [6.07, 6.45) is 1.91. The number of amides is 1. The number of nitrogens with one attached hydrogen (secondary N) is 1. The molecular weight excluding hydrogens is 316 g/mol. The van der Waals surface area contributed by atoms with Crippen LogP contribution in [-0.2, 0) is 19.4 Å². The van der Waals surface area contributed by atoms with Gasteiger partial charge in [0.1, 0.15) is 5.75 Å². The van der Waals surface area contributed by atoms with E-state index in [2.05, 4.69) is 5.32 Å². The highest BCUT2D eigenvalue weighted by Gasteiger charge is 2.20. The molecule has 0 aliphatic carbocycles. The maximum Gasteiger partial charge on any atom is 0.235 e. The van der Waals surface area contributed by atoms with Gasteiger partial charge in [0.15, 0.2) is 21.5 Å². The van der Waals surface area contributed by atoms with Crippen molar-refractivity contribution in [2.24, 2.45) is 0 Å². The van der Waals surface area contributed by atoms with Crippen LogP contribution in [0.5, 0.6) is 0 Å². The van der Waals surface area contributed by atoms with E-state index in [1.54, 1.807) is 0 Å². The van der Waals surface area contributed by atoms with Crippen LogP contribution in [0.1, 0.15) is 19.8 Å². The van der Waals surface area contributed by atoms with E-state index in [1.807, 2.05) is 6.92 Å². The van der Waals surface area contributed by atoms with Crippen molar-refractivity contribution in [2.75, 3.05) is 25.5 Å². The van der Waals surface area contributed by atoms with E-state index in [1.165, 1.54) is 0 Å². The average Bonchev–Trinajstić information content (AvgIpc) is 2.45. The summed E-state index contributed by atoms with van der Waals surface area (Å²) in [5.74, 6) is -3.96. The molecule has 0 fully saturated rings. The van der Waals surface area contributed by atoms with Crippen molar-refractivity contribution in [3.63, 3.8) is 0 Å². The number of halogens is 2. The molecule has 0 heterocycles. The summed E-state index contributed by atoms with van der Waals surface area (Å²) in [4.78, 5) is 11.1. The Hall–Kier alpha value is -1.54. The van der Waals surface area contributed by atoms with Crippen LogP contribution in [-0.4, -0.2) is 39.8 Å². The second-order valence-electron chi connectivity index (χ2n) is 4.65. The standard InChI is InChI=1S/C14H19F2NO4S/c1-2-3-7-21-8-6-17-14(18)10-22(19,20)11-4-5-12(15)13(16)9-11/h4-5,9H,2-3,6-8,10H2,1H3,(H,17,18). The second kappa shape index (κ2) is 8.79. The Morgan fingerprint density at radius 2 is 1.95 bits per heavy atom. The minimum Gasteiger partial charge on any atom is -0.380 e. The SMILES string of the molecule is CCCCOCCNC(=O)CS(=O)(=O)c1ccc(F)c(F)c1. The number of unbranched alkanes of at least 4 members (excludes halogenated alkanes) is 1. The highest BCUT2D eigenvalue weighted by Crippen LogP contribution is 2.15. The molecule has 1 N–H and O–H groups in total. The van der Waals surface area contributed by atoms with Gasteiger partial charge in [0, 0.05) is 13.2 Å². The van der Waals surface area contributed by atoms with Gasteiger partial charge in [0.05, 0.1) is 11.5 Å². The summed E-state index contributed by atoms with van der Waals surface area (Å²) < 4.78 is 54.8. The van der Waals surface area contributed by atoms with E-state index in [-0.39, 0.29) is 13.2 Å². The summed E-state index contributed by atoms with van der Waals surface area (Å²) in [6.45, 7) is 3.08. The Balaban J connectivity index is 2.47. The lowest BCUT2D eigenvalue weighted by atomic mass is 10.3. The molecular formula is C14H19F2NO4S. The van der Waals surface area contributed by atoms with Crippen molar-refractivity contribution >= 4 is 15.7 Å². The first kappa shape index (κ1) is 18.5. The minimum atomic E-state index is -4.01. The Labute approximate surface area is 128 Å². The van der Waals surface area contributed by atoms with Gasteiger partial charge in [0.2, 0.25) is 5.91 Å². The molecule has 0 unspecified atom stereocenters. The van der Waals surface area contributed by atoms with Crippen molar-refractivity contribution < 1.29 is 26.7 Å². The molecule has 22 heavy (non-hydrogen) atoms. The van der Waals surface area contributed by atoms with Gasteiger partial charge >= 0.3 is 0 Å². The van der Waals surface area contributed by atoms with Gasteiger partial charge in [-0.3, -0.25) is 4.79 Å². The third kappa shape index (κ3) is 6.07. The first-order valence-electron chi connectivity index (χ1n) is 6.89. The first-order valence-corrected chi connectivity index (χ1v) is 8.54. The molecule has 0 saturated carbocycles. The number of benzene rings is 1. The number of hydrogen-bond acceptors (Lipinski definition) is 4. The predicted molar refractivity (Wildman–Crippen MR) is 77.1 cm³/mol. The number of hydrogen-bond donors (Lipinski definition) is 1. The van der Waals surface area contributed by atoms with E-state index in [4.69, 9.17) is 4.74 Å². The smallest absolute Gasteiger partial charge is 0.235 e. The zero-order valence-electron chi connectivity index (χ0n) is 12.3. The van der Waals surface area contributed by atoms with E-state index in [0.29, 0.717) is 18.7 Å². The Bertz CT molecular complexity index is 605. The lowest BCUT2D eigenvalue weighted by molar-refractivity contribution is -0.118. The number of carbonyl (C=O) groups is 1. The summed E-state index contributed by atoms with van der Waals surface area (Å²) in [5.41, 5.74) is 0. The summed E-state index contributed by atoms with van der Waals surface area (Å²) in [6, 6.07) is 2.20. The molecule has 0 atom stereocenters. The molecule has 0 aromatic heterocycles. The van der Waals surface area contributed by atoms with Crippen LogP contribution in [0.25, 0.3) is 0 Å². The first-order chi connectivity index (χ1) is 10.4. The Morgan fingerprint density at radius 1 is 1.23 bits per heavy atom. The van der Waals surface area contributed by atoms with Gasteiger partial charge in [-0.2, -0.15) is 0 Å². The van der Waals surface area contributed by atoms with Crippen molar-refractivity contribution in [1.82, 2.24) is 5.32 Å². The Morgan fingerprint density at radius 3 is 2.59 bits per heavy atom. The lowest BCUT2D eigenvalue weighted by Gasteiger charge is -2.07. The van der Waals surface area contributed by atoms with E-state index < -0.39 is 38.0 Å². The van der Waals surface area contributed by atoms with Crippen LogP contribution in [0.2, 0.25) is 0 Å². The van der Waals surface area contributed by atoms with Crippen LogP contribution in [0, 0.1) is 11.6 Å². The zero-order chi connectivity index (χ0) is 16.6. The van der Waals surface area contributed by atoms with Crippen LogP contribution in [0.4, 0.5) is 8.78 Å². The van der Waals surface area contributed by atoms with E-state index in [9.17, 15) is 22.0 Å². The highest BCUT2D eigenvalue weighted by atomic mass is 32.2. The average molecular weight is 335 g/mol. The summed E-state index contributed by atoms with van der Waals surface area (Å²) in [5, 5.41) is 2.40. The van der Waals surface area contributed by atoms with Crippen molar-refractivity contribution in [1.29, 1.82) is 0 Å². The van der Waals surface area contributed by atoms with Gasteiger partial charge in [0.25, 0.3) is 0 Å². The fraction of sp³-hybridized carbons (Fsp3) is 0.500. The molecule has 1 amide bonds. The molecule has 0 aliphatic heterocycles. The molecule has 0 saturated heterocycles. The predicted octanol–water partition coefficient (Wildman–Crippen LogP) is 1.67. The molecule has 0 bridgehead atoms. The molecule has 1 aromatic rings. The molecule has 124 valence electrons. The fourth-order valence-electron chi connectivity index (χ4n) is 1.59. The quantitative estimate of drug-likeness (QED) is 0.550. The van der Waals surface area contributed by atoms with Crippen LogP contribution >= 0.6 is 0 Å². The summed E-state index contributed by atoms with van der Waals surface area (Å²) >= 11 is 0. The van der Waals surface area contributed by atoms with Crippen molar-refractivity contribution in [3.05, 3.63) is 29.8 Å². The maximum absolute atomic E-state index is 13.0. The van der Waals surface area contributed by atoms with Gasteiger partial charge < -0.3 is 10.1 Å². The fourth-order valence-corrected chi connectivity index (χ4v) is 2.76. The van der Waals surface area contributed by atoms with Gasteiger partial charge in [-0.25, -0.2) is 17.2 Å². The second-order valence-corrected chi connectivity index (χ2v) is 6.64. The van der Waals surface area contributed by atoms with Gasteiger partial charge in [-0.15, -0.1) is 0 Å². The Kier molecular flexibility index (Phi) is 7.40. The van der Waals surface area contributed by atoms with Gasteiger partial charge in [-0.05, 0) is 24.6 Å². The topological polar surface area (TPSA) is 72.5 Å². The maximum atomic E-state index is 13.0. The number of sulfone groups is 1. The largest absolute Gasteiger partial charge is 0.380 e. The molecule has 1 rings (SSSR count). The number of carbonyl (C=O) groups excluding carboxylic acids is 1. The summed E-state index contributed by atoms with van der Waals surface area (Å²) in [7, 11) is -4.01. The number of ether oxygens (including phenoxy) is 1. The zero-order valence-corrected chi connectivity index (χ0v) is 13.1. The monoisotopic (exact) mass is 335 g/mol. The molecule has 0 spiro atoms. The highest BCUT2D eigenvalue weighted by molar-refractivity contribution is 7.92. The van der Waals surface area contributed by atoms with Crippen LogP contribution in [0.15, 0.2) is 23.1 Å². The molecule has 0 radical (unpaired) electrons. The molecule has 5 nitrogen and oxygen atoms in total. The van der Waals surface area contributed by atoms with Crippen molar-refractivity contribution in [3.8, 4) is 0 Å². The van der Waals surface area contributed by atoms with E-state index >= 15 is 0 Å². The van der Waals surface area contributed by atoms with Crippen molar-refractivity contribution in [2.45, 2.75) is 24.7 Å². The van der Waals surface area contributed by atoms with Crippen LogP contribution in [0.3, 0.4) is 0 Å². The molecule has 0 aliphatic rings. The number of rotatable bonds is 9. The van der Waals surface area contributed by atoms with Gasteiger partial charge in [-0.1, -0.05) is 13.3 Å².